The first-order valence-electron chi connectivity index (χ1n) is 5.43. The molecule has 2 atom stereocenters. The zero-order valence-corrected chi connectivity index (χ0v) is 9.56. The summed E-state index contributed by atoms with van der Waals surface area (Å²) in [5, 5.41) is 3.88. The molecule has 0 aromatic carbocycles. The van der Waals surface area contributed by atoms with Crippen LogP contribution in [0.15, 0.2) is 4.52 Å². The minimum Gasteiger partial charge on any atom is -0.370 e. The molecule has 15 heavy (non-hydrogen) atoms. The topological polar surface area (TPSA) is 74.2 Å². The van der Waals surface area contributed by atoms with E-state index in [4.69, 9.17) is 15.0 Å². The maximum atomic E-state index is 5.79. The van der Waals surface area contributed by atoms with Crippen LogP contribution >= 0.6 is 0 Å². The lowest BCUT2D eigenvalue weighted by Crippen LogP contribution is -2.10. The van der Waals surface area contributed by atoms with Crippen LogP contribution in [0.1, 0.15) is 57.5 Å². The summed E-state index contributed by atoms with van der Waals surface area (Å²) in [6.07, 6.45) is 1.53. The Morgan fingerprint density at radius 1 is 1.33 bits per heavy atom. The maximum Gasteiger partial charge on any atom is 0.243 e. The molecule has 1 aromatic heterocycles. The van der Waals surface area contributed by atoms with Crippen molar-refractivity contribution in [2.75, 3.05) is 6.61 Å². The predicted octanol–water partition coefficient (Wildman–Crippen LogP) is 1.97. The Bertz CT molecular complexity index is 288. The van der Waals surface area contributed by atoms with Crippen LogP contribution in [0, 0.1) is 0 Å². The molecule has 0 fully saturated rings. The fraction of sp³-hybridized carbons (Fsp3) is 0.800. The van der Waals surface area contributed by atoms with Gasteiger partial charge in [-0.1, -0.05) is 19.0 Å². The molecule has 1 heterocycles. The molecule has 0 aliphatic carbocycles. The van der Waals surface area contributed by atoms with Crippen molar-refractivity contribution in [3.8, 4) is 0 Å². The first-order chi connectivity index (χ1) is 7.22. The fourth-order valence-electron chi connectivity index (χ4n) is 1.28. The molecule has 0 spiro atoms. The lowest BCUT2D eigenvalue weighted by Gasteiger charge is -2.09. The Labute approximate surface area is 90.0 Å². The van der Waals surface area contributed by atoms with E-state index in [9.17, 15) is 0 Å². The quantitative estimate of drug-likeness (QED) is 0.782. The lowest BCUT2D eigenvalue weighted by molar-refractivity contribution is 0.0518. The molecule has 0 radical (unpaired) electrons. The monoisotopic (exact) mass is 213 g/mol. The number of aromatic nitrogens is 2. The maximum absolute atomic E-state index is 5.79. The van der Waals surface area contributed by atoms with Gasteiger partial charge in [-0.25, -0.2) is 0 Å². The van der Waals surface area contributed by atoms with Gasteiger partial charge in [-0.3, -0.25) is 0 Å². The van der Waals surface area contributed by atoms with Gasteiger partial charge in [-0.2, -0.15) is 4.98 Å². The number of nitrogens with zero attached hydrogens (tertiary/aromatic N) is 2. The second-order valence-corrected chi connectivity index (χ2v) is 3.36. The third kappa shape index (κ3) is 3.00. The predicted molar refractivity (Wildman–Crippen MR) is 56.2 cm³/mol. The van der Waals surface area contributed by atoms with E-state index >= 15 is 0 Å². The van der Waals surface area contributed by atoms with Crippen LogP contribution in [0.2, 0.25) is 0 Å². The highest BCUT2D eigenvalue weighted by Gasteiger charge is 2.19. The van der Waals surface area contributed by atoms with Crippen molar-refractivity contribution in [1.82, 2.24) is 10.1 Å². The third-order valence-corrected chi connectivity index (χ3v) is 2.24. The standard InChI is InChI=1S/C10H19N3O2/c1-4-7(11)10-12-9(13-15-10)8(5-2)14-6-3/h7-8H,4-6,11H2,1-3H3/t7-,8?/m0/s1. The van der Waals surface area contributed by atoms with Gasteiger partial charge in [0, 0.05) is 6.61 Å². The molecule has 0 amide bonds. The van der Waals surface area contributed by atoms with Gasteiger partial charge < -0.3 is 15.0 Å². The average Bonchev–Trinajstić information content (AvgIpc) is 2.73. The summed E-state index contributed by atoms with van der Waals surface area (Å²) in [5.41, 5.74) is 5.79. The highest BCUT2D eigenvalue weighted by Crippen LogP contribution is 2.20. The summed E-state index contributed by atoms with van der Waals surface area (Å²) in [4.78, 5) is 4.24. The van der Waals surface area contributed by atoms with Gasteiger partial charge in [0.05, 0.1) is 6.04 Å². The highest BCUT2D eigenvalue weighted by molar-refractivity contribution is 4.94. The summed E-state index contributed by atoms with van der Waals surface area (Å²) < 4.78 is 10.6. The largest absolute Gasteiger partial charge is 0.370 e. The van der Waals surface area contributed by atoms with Gasteiger partial charge in [0.2, 0.25) is 11.7 Å². The molecule has 0 aliphatic rings. The second-order valence-electron chi connectivity index (χ2n) is 3.36. The van der Waals surface area contributed by atoms with Crippen LogP contribution in [-0.4, -0.2) is 16.7 Å². The molecule has 1 rings (SSSR count). The molecule has 0 saturated heterocycles. The summed E-state index contributed by atoms with van der Waals surface area (Å²) in [5.74, 6) is 1.09. The average molecular weight is 213 g/mol. The highest BCUT2D eigenvalue weighted by atomic mass is 16.5. The van der Waals surface area contributed by atoms with Gasteiger partial charge in [0.25, 0.3) is 0 Å². The molecule has 1 unspecified atom stereocenters. The van der Waals surface area contributed by atoms with E-state index in [-0.39, 0.29) is 12.1 Å². The number of ether oxygens (including phenoxy) is 1. The van der Waals surface area contributed by atoms with E-state index in [0.717, 1.165) is 12.8 Å². The zero-order valence-electron chi connectivity index (χ0n) is 9.56. The first kappa shape index (κ1) is 12.1. The summed E-state index contributed by atoms with van der Waals surface area (Å²) in [6, 6.07) is -0.176. The molecule has 2 N–H and O–H groups in total. The minimum atomic E-state index is -0.176. The van der Waals surface area contributed by atoms with Gasteiger partial charge in [0.15, 0.2) is 0 Å². The number of hydrogen-bond donors (Lipinski definition) is 1. The van der Waals surface area contributed by atoms with Crippen LogP contribution in [0.5, 0.6) is 0 Å². The lowest BCUT2D eigenvalue weighted by atomic mass is 10.2. The Kier molecular flexibility index (Phi) is 4.71. The fourth-order valence-corrected chi connectivity index (χ4v) is 1.28. The van der Waals surface area contributed by atoms with Crippen molar-refractivity contribution in [1.29, 1.82) is 0 Å². The second kappa shape index (κ2) is 5.82. The molecule has 0 saturated carbocycles. The third-order valence-electron chi connectivity index (χ3n) is 2.24. The minimum absolute atomic E-state index is 0.0865. The Hall–Kier alpha value is -0.940. The van der Waals surface area contributed by atoms with Gasteiger partial charge in [-0.15, -0.1) is 0 Å². The van der Waals surface area contributed by atoms with Crippen LogP contribution in [-0.2, 0) is 4.74 Å². The van der Waals surface area contributed by atoms with Crippen LogP contribution in [0.3, 0.4) is 0 Å². The smallest absolute Gasteiger partial charge is 0.243 e. The molecule has 0 aliphatic heterocycles. The van der Waals surface area contributed by atoms with E-state index in [2.05, 4.69) is 10.1 Å². The molecule has 1 aromatic rings. The molecule has 0 bridgehead atoms. The van der Waals surface area contributed by atoms with E-state index in [1.807, 2.05) is 20.8 Å². The van der Waals surface area contributed by atoms with Crippen molar-refractivity contribution in [2.24, 2.45) is 5.73 Å². The summed E-state index contributed by atoms with van der Waals surface area (Å²) in [7, 11) is 0. The van der Waals surface area contributed by atoms with Gasteiger partial charge in [-0.05, 0) is 19.8 Å². The summed E-state index contributed by atoms with van der Waals surface area (Å²) >= 11 is 0. The molecule has 86 valence electrons. The van der Waals surface area contributed by atoms with Gasteiger partial charge in [0.1, 0.15) is 6.10 Å². The molecular weight excluding hydrogens is 194 g/mol. The van der Waals surface area contributed by atoms with Crippen LogP contribution < -0.4 is 5.73 Å². The van der Waals surface area contributed by atoms with E-state index < -0.39 is 0 Å². The van der Waals surface area contributed by atoms with Gasteiger partial charge >= 0.3 is 0 Å². The molecule has 5 heteroatoms. The van der Waals surface area contributed by atoms with E-state index in [1.54, 1.807) is 0 Å². The van der Waals surface area contributed by atoms with Crippen molar-refractivity contribution in [2.45, 2.75) is 45.8 Å². The van der Waals surface area contributed by atoms with E-state index in [1.165, 1.54) is 0 Å². The van der Waals surface area contributed by atoms with E-state index in [0.29, 0.717) is 18.3 Å². The first-order valence-corrected chi connectivity index (χ1v) is 5.43. The van der Waals surface area contributed by atoms with Crippen LogP contribution in [0.25, 0.3) is 0 Å². The number of nitrogens with two attached hydrogens (primary N) is 1. The molecule has 5 nitrogen and oxygen atoms in total. The SMILES string of the molecule is CCOC(CC)c1noc([C@@H](N)CC)n1. The number of rotatable bonds is 6. The van der Waals surface area contributed by atoms with Crippen molar-refractivity contribution >= 4 is 0 Å². The number of hydrogen-bond acceptors (Lipinski definition) is 5. The van der Waals surface area contributed by atoms with Crippen molar-refractivity contribution in [3.05, 3.63) is 11.7 Å². The Balaban J connectivity index is 2.72. The van der Waals surface area contributed by atoms with Crippen LogP contribution in [0.4, 0.5) is 0 Å². The zero-order chi connectivity index (χ0) is 11.3. The summed E-state index contributed by atoms with van der Waals surface area (Å²) in [6.45, 7) is 6.59. The normalized spacial score (nSPS) is 15.2. The van der Waals surface area contributed by atoms with Crippen molar-refractivity contribution in [3.63, 3.8) is 0 Å². The Morgan fingerprint density at radius 2 is 2.07 bits per heavy atom. The molecular formula is C10H19N3O2. The Morgan fingerprint density at radius 3 is 2.60 bits per heavy atom. The van der Waals surface area contributed by atoms with Crippen molar-refractivity contribution < 1.29 is 9.26 Å².